The summed E-state index contributed by atoms with van der Waals surface area (Å²) >= 11 is 0. The van der Waals surface area contributed by atoms with E-state index >= 15 is 0 Å². The van der Waals surface area contributed by atoms with Crippen LogP contribution in [0, 0.1) is 0 Å². The fourth-order valence-corrected chi connectivity index (χ4v) is 5.83. The van der Waals surface area contributed by atoms with Gasteiger partial charge in [-0.25, -0.2) is 0 Å². The molecule has 0 fully saturated rings. The first-order valence-electron chi connectivity index (χ1n) is 8.54. The van der Waals surface area contributed by atoms with E-state index in [1.807, 2.05) is 65.0 Å². The quantitative estimate of drug-likeness (QED) is 0.720. The zero-order valence-corrected chi connectivity index (χ0v) is 16.3. The largest absolute Gasteiger partial charge is 0.488 e. The van der Waals surface area contributed by atoms with Crippen molar-refractivity contribution < 1.29 is 13.6 Å². The predicted molar refractivity (Wildman–Crippen MR) is 102 cm³/mol. The van der Waals surface area contributed by atoms with E-state index in [4.69, 9.17) is 13.6 Å². The number of hydrogen-bond donors (Lipinski definition) is 0. The molecule has 0 bridgehead atoms. The SMILES string of the molecule is CCO[Si](OCC)(c1ccccc1)c1ccc(OC(C)(C)C)cc1. The molecule has 0 spiro atoms. The Bertz CT molecular complexity index is 612. The van der Waals surface area contributed by atoms with E-state index in [-0.39, 0.29) is 5.60 Å². The Labute approximate surface area is 146 Å². The molecule has 0 saturated carbocycles. The molecule has 0 heterocycles. The van der Waals surface area contributed by atoms with Gasteiger partial charge in [-0.2, -0.15) is 0 Å². The second-order valence-electron chi connectivity index (χ2n) is 6.59. The second kappa shape index (κ2) is 7.97. The summed E-state index contributed by atoms with van der Waals surface area (Å²) in [7, 11) is -2.68. The third-order valence-corrected chi connectivity index (χ3v) is 7.08. The van der Waals surface area contributed by atoms with Gasteiger partial charge in [-0.3, -0.25) is 0 Å². The molecule has 4 heteroatoms. The lowest BCUT2D eigenvalue weighted by Gasteiger charge is -2.31. The lowest BCUT2D eigenvalue weighted by Crippen LogP contribution is -2.63. The van der Waals surface area contributed by atoms with E-state index in [1.54, 1.807) is 0 Å². The van der Waals surface area contributed by atoms with Crippen molar-refractivity contribution in [3.63, 3.8) is 0 Å². The Balaban J connectivity index is 2.43. The molecule has 0 aliphatic carbocycles. The summed E-state index contributed by atoms with van der Waals surface area (Å²) in [6.45, 7) is 11.4. The van der Waals surface area contributed by atoms with Gasteiger partial charge in [0.2, 0.25) is 0 Å². The van der Waals surface area contributed by atoms with E-state index in [1.165, 1.54) is 0 Å². The van der Waals surface area contributed by atoms with Crippen molar-refractivity contribution in [1.29, 1.82) is 0 Å². The number of benzene rings is 2. The fraction of sp³-hybridized carbons (Fsp3) is 0.400. The molecule has 2 aromatic carbocycles. The Hall–Kier alpha value is -1.62. The van der Waals surface area contributed by atoms with Gasteiger partial charge in [-0.1, -0.05) is 42.5 Å². The van der Waals surface area contributed by atoms with Gasteiger partial charge < -0.3 is 13.6 Å². The van der Waals surface area contributed by atoms with Crippen molar-refractivity contribution in [1.82, 2.24) is 0 Å². The van der Waals surface area contributed by atoms with E-state index in [9.17, 15) is 0 Å². The third kappa shape index (κ3) is 4.47. The summed E-state index contributed by atoms with van der Waals surface area (Å²) in [5.74, 6) is 0.857. The maximum Gasteiger partial charge on any atom is 0.407 e. The maximum absolute atomic E-state index is 6.26. The van der Waals surface area contributed by atoms with Crippen LogP contribution < -0.4 is 15.1 Å². The highest BCUT2D eigenvalue weighted by molar-refractivity contribution is 6.92. The lowest BCUT2D eigenvalue weighted by molar-refractivity contribution is 0.131. The van der Waals surface area contributed by atoms with Gasteiger partial charge in [0.25, 0.3) is 0 Å². The van der Waals surface area contributed by atoms with Crippen LogP contribution in [0.1, 0.15) is 34.6 Å². The highest BCUT2D eigenvalue weighted by Gasteiger charge is 2.42. The van der Waals surface area contributed by atoms with Crippen LogP contribution in [0.4, 0.5) is 0 Å². The molecule has 0 radical (unpaired) electrons. The molecule has 0 aliphatic rings. The zero-order chi connectivity index (χ0) is 17.6. The molecular formula is C20H28O3Si. The third-order valence-electron chi connectivity index (χ3n) is 3.51. The average Bonchev–Trinajstić information content (AvgIpc) is 2.54. The molecule has 24 heavy (non-hydrogen) atoms. The molecule has 0 aromatic heterocycles. The Morgan fingerprint density at radius 2 is 1.25 bits per heavy atom. The summed E-state index contributed by atoms with van der Waals surface area (Å²) in [6, 6.07) is 18.4. The molecule has 0 saturated heterocycles. The van der Waals surface area contributed by atoms with E-state index in [2.05, 4.69) is 24.3 Å². The van der Waals surface area contributed by atoms with Crippen LogP contribution in [0.5, 0.6) is 5.75 Å². The number of ether oxygens (including phenoxy) is 1. The van der Waals surface area contributed by atoms with Gasteiger partial charge in [-0.15, -0.1) is 0 Å². The van der Waals surface area contributed by atoms with Crippen molar-refractivity contribution in [2.24, 2.45) is 0 Å². The van der Waals surface area contributed by atoms with Crippen LogP contribution in [-0.2, 0) is 8.85 Å². The normalized spacial score (nSPS) is 12.2. The minimum Gasteiger partial charge on any atom is -0.488 e. The predicted octanol–water partition coefficient (Wildman–Crippen LogP) is 3.49. The standard InChI is InChI=1S/C20H28O3Si/c1-6-21-24(22-7-2,18-11-9-8-10-12-18)19-15-13-17(14-16-19)23-20(3,4)5/h8-16H,6-7H2,1-5H3. The molecule has 0 N–H and O–H groups in total. The summed E-state index contributed by atoms with van der Waals surface area (Å²) in [4.78, 5) is 0. The van der Waals surface area contributed by atoms with Crippen molar-refractivity contribution in [2.75, 3.05) is 13.2 Å². The first kappa shape index (κ1) is 18.7. The van der Waals surface area contributed by atoms with Crippen LogP contribution in [0.25, 0.3) is 0 Å². The Morgan fingerprint density at radius 3 is 1.71 bits per heavy atom. The molecule has 0 aliphatic heterocycles. The van der Waals surface area contributed by atoms with Gasteiger partial charge in [0.15, 0.2) is 0 Å². The van der Waals surface area contributed by atoms with Crippen LogP contribution >= 0.6 is 0 Å². The van der Waals surface area contributed by atoms with Gasteiger partial charge in [0.05, 0.1) is 0 Å². The Morgan fingerprint density at radius 1 is 0.750 bits per heavy atom. The second-order valence-corrected chi connectivity index (χ2v) is 9.55. The molecule has 3 nitrogen and oxygen atoms in total. The fourth-order valence-electron chi connectivity index (χ4n) is 2.70. The highest BCUT2D eigenvalue weighted by Crippen LogP contribution is 2.18. The topological polar surface area (TPSA) is 27.7 Å². The summed E-state index contributed by atoms with van der Waals surface area (Å²) in [5.41, 5.74) is -0.213. The summed E-state index contributed by atoms with van der Waals surface area (Å²) < 4.78 is 18.4. The lowest BCUT2D eigenvalue weighted by atomic mass is 10.2. The van der Waals surface area contributed by atoms with E-state index in [0.717, 1.165) is 16.1 Å². The average molecular weight is 345 g/mol. The van der Waals surface area contributed by atoms with Crippen LogP contribution in [0.2, 0.25) is 0 Å². The van der Waals surface area contributed by atoms with Crippen LogP contribution in [0.15, 0.2) is 54.6 Å². The molecule has 0 unspecified atom stereocenters. The summed E-state index contributed by atoms with van der Waals surface area (Å²) in [6.07, 6.45) is 0. The molecule has 2 aromatic rings. The van der Waals surface area contributed by atoms with Crippen LogP contribution in [-0.4, -0.2) is 27.4 Å². The Kier molecular flexibility index (Phi) is 6.21. The minimum absolute atomic E-state index is 0.213. The maximum atomic E-state index is 6.26. The van der Waals surface area contributed by atoms with E-state index in [0.29, 0.717) is 13.2 Å². The molecule has 2 rings (SSSR count). The zero-order valence-electron chi connectivity index (χ0n) is 15.3. The number of hydrogen-bond acceptors (Lipinski definition) is 3. The van der Waals surface area contributed by atoms with E-state index < -0.39 is 8.56 Å². The van der Waals surface area contributed by atoms with Crippen molar-refractivity contribution in [3.8, 4) is 5.75 Å². The molecule has 0 atom stereocenters. The van der Waals surface area contributed by atoms with Gasteiger partial charge in [0.1, 0.15) is 11.4 Å². The molecular weight excluding hydrogens is 316 g/mol. The minimum atomic E-state index is -2.68. The number of rotatable bonds is 7. The monoisotopic (exact) mass is 344 g/mol. The van der Waals surface area contributed by atoms with Crippen LogP contribution in [0.3, 0.4) is 0 Å². The van der Waals surface area contributed by atoms with Gasteiger partial charge in [0, 0.05) is 13.2 Å². The highest BCUT2D eigenvalue weighted by atomic mass is 28.4. The van der Waals surface area contributed by atoms with Crippen molar-refractivity contribution >= 4 is 18.9 Å². The smallest absolute Gasteiger partial charge is 0.407 e. The summed E-state index contributed by atoms with van der Waals surface area (Å²) in [5, 5.41) is 2.22. The molecule has 0 amide bonds. The van der Waals surface area contributed by atoms with Gasteiger partial charge in [-0.05, 0) is 57.1 Å². The first-order chi connectivity index (χ1) is 11.4. The first-order valence-corrected chi connectivity index (χ1v) is 10.4. The van der Waals surface area contributed by atoms with Crippen molar-refractivity contribution in [3.05, 3.63) is 54.6 Å². The molecule has 130 valence electrons. The van der Waals surface area contributed by atoms with Gasteiger partial charge >= 0.3 is 8.56 Å². The van der Waals surface area contributed by atoms with Crippen molar-refractivity contribution in [2.45, 2.75) is 40.2 Å².